The lowest BCUT2D eigenvalue weighted by atomic mass is 9.93. The summed E-state index contributed by atoms with van der Waals surface area (Å²) in [6.07, 6.45) is 1.89. The molecule has 2 atom stereocenters. The Kier molecular flexibility index (Phi) is 7.39. The Hall–Kier alpha value is -0.610. The van der Waals surface area contributed by atoms with Crippen molar-refractivity contribution >= 4 is 5.97 Å². The van der Waals surface area contributed by atoms with Gasteiger partial charge in [0.05, 0.1) is 7.11 Å². The third-order valence-electron chi connectivity index (χ3n) is 3.43. The highest BCUT2D eigenvalue weighted by molar-refractivity contribution is 5.80. The highest BCUT2D eigenvalue weighted by Crippen LogP contribution is 2.17. The van der Waals surface area contributed by atoms with Crippen molar-refractivity contribution in [3.8, 4) is 0 Å². The molecule has 0 saturated carbocycles. The molecule has 1 N–H and O–H groups in total. The Bertz CT molecular complexity index is 233. The van der Waals surface area contributed by atoms with Crippen molar-refractivity contribution in [1.82, 2.24) is 10.2 Å². The monoisotopic (exact) mass is 244 g/mol. The molecule has 4 heteroatoms. The number of carbonyl (C=O) groups is 1. The van der Waals surface area contributed by atoms with E-state index in [1.54, 1.807) is 7.05 Å². The molecule has 17 heavy (non-hydrogen) atoms. The number of rotatable bonds is 8. The second-order valence-corrected chi connectivity index (χ2v) is 4.76. The van der Waals surface area contributed by atoms with Gasteiger partial charge in [0.25, 0.3) is 0 Å². The highest BCUT2D eigenvalue weighted by Gasteiger charge is 2.35. The van der Waals surface area contributed by atoms with Gasteiger partial charge in [-0.2, -0.15) is 0 Å². The Morgan fingerprint density at radius 1 is 1.47 bits per heavy atom. The van der Waals surface area contributed by atoms with Crippen LogP contribution in [-0.2, 0) is 9.53 Å². The molecule has 102 valence electrons. The van der Waals surface area contributed by atoms with Crippen molar-refractivity contribution in [3.05, 3.63) is 0 Å². The van der Waals surface area contributed by atoms with Gasteiger partial charge in [0, 0.05) is 6.04 Å². The van der Waals surface area contributed by atoms with Gasteiger partial charge in [-0.3, -0.25) is 4.79 Å². The lowest BCUT2D eigenvalue weighted by Gasteiger charge is -2.34. The van der Waals surface area contributed by atoms with Gasteiger partial charge in [-0.05, 0) is 46.8 Å². The molecule has 0 rings (SSSR count). The number of likely N-dealkylation sites (N-methyl/N-ethyl adjacent to an activating group) is 1. The van der Waals surface area contributed by atoms with Crippen LogP contribution >= 0.6 is 0 Å². The normalized spacial score (nSPS) is 16.6. The number of nitrogens with zero attached hydrogens (tertiary/aromatic N) is 1. The zero-order valence-corrected chi connectivity index (χ0v) is 12.2. The maximum Gasteiger partial charge on any atom is 0.325 e. The number of nitrogens with one attached hydrogen (secondary N) is 1. The predicted octanol–water partition coefficient (Wildman–Crippen LogP) is 1.65. The van der Waals surface area contributed by atoms with Crippen LogP contribution in [0.4, 0.5) is 0 Å². The molecule has 0 saturated heterocycles. The lowest BCUT2D eigenvalue weighted by molar-refractivity contribution is -0.148. The standard InChI is InChI=1S/C13H28N2O2/c1-7-9-15(8-2)11(3)10-13(4,14-5)12(16)17-6/h11,14H,7-10H2,1-6H3. The lowest BCUT2D eigenvalue weighted by Crippen LogP contribution is -2.52. The van der Waals surface area contributed by atoms with Crippen LogP contribution in [0.1, 0.15) is 40.5 Å². The molecule has 0 amide bonds. The SMILES string of the molecule is CCCN(CC)C(C)CC(C)(NC)C(=O)OC. The Balaban J connectivity index is 4.60. The first-order chi connectivity index (χ1) is 7.95. The van der Waals surface area contributed by atoms with Gasteiger partial charge in [-0.25, -0.2) is 0 Å². The van der Waals surface area contributed by atoms with Gasteiger partial charge in [0.1, 0.15) is 5.54 Å². The van der Waals surface area contributed by atoms with Crippen LogP contribution in [0, 0.1) is 0 Å². The molecule has 0 radical (unpaired) electrons. The number of hydrogen-bond acceptors (Lipinski definition) is 4. The van der Waals surface area contributed by atoms with Crippen LogP contribution in [0.5, 0.6) is 0 Å². The van der Waals surface area contributed by atoms with E-state index in [4.69, 9.17) is 4.74 Å². The Morgan fingerprint density at radius 3 is 2.41 bits per heavy atom. The average molecular weight is 244 g/mol. The molecule has 0 aliphatic heterocycles. The van der Waals surface area contributed by atoms with E-state index >= 15 is 0 Å². The largest absolute Gasteiger partial charge is 0.468 e. The number of hydrogen-bond donors (Lipinski definition) is 1. The highest BCUT2D eigenvalue weighted by atomic mass is 16.5. The van der Waals surface area contributed by atoms with Gasteiger partial charge < -0.3 is 15.0 Å². The van der Waals surface area contributed by atoms with Crippen LogP contribution in [0.2, 0.25) is 0 Å². The fourth-order valence-corrected chi connectivity index (χ4v) is 2.21. The van der Waals surface area contributed by atoms with Gasteiger partial charge >= 0.3 is 5.97 Å². The van der Waals surface area contributed by atoms with E-state index < -0.39 is 5.54 Å². The van der Waals surface area contributed by atoms with E-state index in [-0.39, 0.29) is 5.97 Å². The first-order valence-corrected chi connectivity index (χ1v) is 6.46. The van der Waals surface area contributed by atoms with Gasteiger partial charge in [-0.1, -0.05) is 13.8 Å². The first kappa shape index (κ1) is 16.4. The summed E-state index contributed by atoms with van der Waals surface area (Å²) in [6, 6.07) is 0.358. The molecule has 4 nitrogen and oxygen atoms in total. The zero-order chi connectivity index (χ0) is 13.5. The van der Waals surface area contributed by atoms with Gasteiger partial charge in [0.2, 0.25) is 0 Å². The predicted molar refractivity (Wildman–Crippen MR) is 71.1 cm³/mol. The molecule has 0 bridgehead atoms. The number of methoxy groups -OCH3 is 1. The van der Waals surface area contributed by atoms with Crippen molar-refractivity contribution in [1.29, 1.82) is 0 Å². The van der Waals surface area contributed by atoms with E-state index in [9.17, 15) is 4.79 Å². The van der Waals surface area contributed by atoms with E-state index in [2.05, 4.69) is 31.0 Å². The van der Waals surface area contributed by atoms with E-state index in [0.29, 0.717) is 6.04 Å². The second kappa shape index (κ2) is 7.67. The van der Waals surface area contributed by atoms with Crippen LogP contribution in [0.3, 0.4) is 0 Å². The van der Waals surface area contributed by atoms with E-state index in [1.807, 2.05) is 6.92 Å². The van der Waals surface area contributed by atoms with Gasteiger partial charge in [-0.15, -0.1) is 0 Å². The summed E-state index contributed by atoms with van der Waals surface area (Å²) in [4.78, 5) is 14.2. The number of esters is 1. The number of carbonyl (C=O) groups excluding carboxylic acids is 1. The van der Waals surface area contributed by atoms with Crippen molar-refractivity contribution in [2.75, 3.05) is 27.2 Å². The summed E-state index contributed by atoms with van der Waals surface area (Å²) in [7, 11) is 3.24. The summed E-state index contributed by atoms with van der Waals surface area (Å²) in [6.45, 7) is 10.5. The van der Waals surface area contributed by atoms with Crippen LogP contribution in [0.25, 0.3) is 0 Å². The Morgan fingerprint density at radius 2 is 2.06 bits per heavy atom. The summed E-state index contributed by atoms with van der Waals surface area (Å²) >= 11 is 0. The molecule has 0 aliphatic rings. The minimum Gasteiger partial charge on any atom is -0.468 e. The maximum atomic E-state index is 11.8. The van der Waals surface area contributed by atoms with Crippen LogP contribution in [-0.4, -0.2) is 49.7 Å². The van der Waals surface area contributed by atoms with Crippen molar-refractivity contribution in [3.63, 3.8) is 0 Å². The molecule has 0 heterocycles. The van der Waals surface area contributed by atoms with Crippen molar-refractivity contribution in [2.24, 2.45) is 0 Å². The molecular weight excluding hydrogens is 216 g/mol. The van der Waals surface area contributed by atoms with Crippen molar-refractivity contribution in [2.45, 2.75) is 52.1 Å². The smallest absolute Gasteiger partial charge is 0.325 e. The Labute approximate surface area is 106 Å². The fraction of sp³-hybridized carbons (Fsp3) is 0.923. The maximum absolute atomic E-state index is 11.8. The molecule has 2 unspecified atom stereocenters. The van der Waals surface area contributed by atoms with Crippen LogP contribution in [0.15, 0.2) is 0 Å². The molecule has 0 aromatic carbocycles. The quantitative estimate of drug-likeness (QED) is 0.659. The topological polar surface area (TPSA) is 41.6 Å². The summed E-state index contributed by atoms with van der Waals surface area (Å²) in [5.41, 5.74) is -0.602. The van der Waals surface area contributed by atoms with Crippen LogP contribution < -0.4 is 5.32 Å². The first-order valence-electron chi connectivity index (χ1n) is 6.46. The summed E-state index contributed by atoms with van der Waals surface area (Å²) in [5.74, 6) is -0.195. The minimum absolute atomic E-state index is 0.195. The number of ether oxygens (including phenoxy) is 1. The molecule has 0 spiro atoms. The van der Waals surface area contributed by atoms with Crippen molar-refractivity contribution < 1.29 is 9.53 Å². The minimum atomic E-state index is -0.602. The third-order valence-corrected chi connectivity index (χ3v) is 3.43. The molecular formula is C13H28N2O2. The van der Waals surface area contributed by atoms with E-state index in [0.717, 1.165) is 25.9 Å². The average Bonchev–Trinajstić information content (AvgIpc) is 2.34. The third kappa shape index (κ3) is 4.64. The molecule has 0 aliphatic carbocycles. The summed E-state index contributed by atoms with van der Waals surface area (Å²) < 4.78 is 4.86. The fourth-order valence-electron chi connectivity index (χ4n) is 2.21. The van der Waals surface area contributed by atoms with Gasteiger partial charge in [0.15, 0.2) is 0 Å². The zero-order valence-electron chi connectivity index (χ0n) is 12.2. The molecule has 0 aromatic heterocycles. The molecule has 0 aromatic rings. The summed E-state index contributed by atoms with van der Waals surface area (Å²) in [5, 5.41) is 3.08. The van der Waals surface area contributed by atoms with E-state index in [1.165, 1.54) is 7.11 Å². The molecule has 0 fully saturated rings. The second-order valence-electron chi connectivity index (χ2n) is 4.76.